The minimum Gasteiger partial charge on any atom is -0.360 e. The summed E-state index contributed by atoms with van der Waals surface area (Å²) >= 11 is 3.27. The first kappa shape index (κ1) is 17.2. The molecule has 2 aromatic carbocycles. The second-order valence-electron chi connectivity index (χ2n) is 5.25. The zero-order valence-electron chi connectivity index (χ0n) is 12.4. The SMILES string of the molecule is O=C(Nc1ccc(Br)cc1)c1c[nH]c2cc(C(F)(F)F)ccc2c1=O. The predicted molar refractivity (Wildman–Crippen MR) is 91.7 cm³/mol. The summed E-state index contributed by atoms with van der Waals surface area (Å²) in [6, 6.07) is 9.45. The first-order valence-electron chi connectivity index (χ1n) is 7.05. The van der Waals surface area contributed by atoms with Crippen LogP contribution in [-0.2, 0) is 6.18 Å². The van der Waals surface area contributed by atoms with E-state index in [1.807, 2.05) is 0 Å². The summed E-state index contributed by atoms with van der Waals surface area (Å²) < 4.78 is 39.0. The molecule has 0 saturated carbocycles. The van der Waals surface area contributed by atoms with Crippen LogP contribution in [0.5, 0.6) is 0 Å². The molecular formula is C17H10BrF3N2O2. The first-order valence-corrected chi connectivity index (χ1v) is 7.84. The van der Waals surface area contributed by atoms with E-state index in [2.05, 4.69) is 26.2 Å². The van der Waals surface area contributed by atoms with Crippen LogP contribution < -0.4 is 10.7 Å². The molecule has 0 unspecified atom stereocenters. The van der Waals surface area contributed by atoms with Gasteiger partial charge in [-0.25, -0.2) is 0 Å². The Morgan fingerprint density at radius 2 is 1.76 bits per heavy atom. The Bertz CT molecular complexity index is 1010. The van der Waals surface area contributed by atoms with Crippen molar-refractivity contribution in [3.63, 3.8) is 0 Å². The molecule has 3 aromatic rings. The molecule has 2 N–H and O–H groups in total. The van der Waals surface area contributed by atoms with Gasteiger partial charge in [0.15, 0.2) is 0 Å². The van der Waals surface area contributed by atoms with Crippen molar-refractivity contribution in [1.29, 1.82) is 0 Å². The number of pyridine rings is 1. The molecule has 0 aliphatic heterocycles. The second-order valence-corrected chi connectivity index (χ2v) is 6.17. The van der Waals surface area contributed by atoms with Gasteiger partial charge in [0.2, 0.25) is 5.43 Å². The topological polar surface area (TPSA) is 62.0 Å². The van der Waals surface area contributed by atoms with Gasteiger partial charge in [-0.3, -0.25) is 9.59 Å². The van der Waals surface area contributed by atoms with Crippen LogP contribution in [0, 0.1) is 0 Å². The third kappa shape index (κ3) is 3.58. The molecule has 25 heavy (non-hydrogen) atoms. The Morgan fingerprint density at radius 3 is 2.40 bits per heavy atom. The molecule has 0 radical (unpaired) electrons. The van der Waals surface area contributed by atoms with Crippen LogP contribution in [0.25, 0.3) is 10.9 Å². The molecule has 1 amide bonds. The number of anilines is 1. The number of carbonyl (C=O) groups excluding carboxylic acids is 1. The Kier molecular flexibility index (Phi) is 4.38. The van der Waals surface area contributed by atoms with E-state index in [0.717, 1.165) is 28.9 Å². The molecule has 0 aliphatic carbocycles. The Hall–Kier alpha value is -2.61. The highest BCUT2D eigenvalue weighted by Crippen LogP contribution is 2.30. The van der Waals surface area contributed by atoms with Crippen LogP contribution in [0.3, 0.4) is 0 Å². The molecule has 3 rings (SSSR count). The molecule has 0 fully saturated rings. The molecule has 0 saturated heterocycles. The fourth-order valence-corrected chi connectivity index (χ4v) is 2.56. The van der Waals surface area contributed by atoms with Crippen LogP contribution in [-0.4, -0.2) is 10.9 Å². The van der Waals surface area contributed by atoms with Crippen LogP contribution in [0.2, 0.25) is 0 Å². The van der Waals surface area contributed by atoms with E-state index in [1.165, 1.54) is 0 Å². The maximum Gasteiger partial charge on any atom is 0.416 e. The summed E-state index contributed by atoms with van der Waals surface area (Å²) in [6.07, 6.45) is -3.40. The molecule has 0 spiro atoms. The maximum absolute atomic E-state index is 12.7. The van der Waals surface area contributed by atoms with Gasteiger partial charge in [-0.2, -0.15) is 13.2 Å². The molecule has 1 heterocycles. The molecule has 0 atom stereocenters. The standard InChI is InChI=1S/C17H10BrF3N2O2/c18-10-2-4-11(5-3-10)23-16(25)13-8-22-14-7-9(17(19,20)21)1-6-12(14)15(13)24/h1-8H,(H,22,24)(H,23,25). The summed E-state index contributed by atoms with van der Waals surface area (Å²) in [5, 5.41) is 2.58. The number of hydrogen-bond donors (Lipinski definition) is 2. The average molecular weight is 411 g/mol. The number of aromatic nitrogens is 1. The predicted octanol–water partition coefficient (Wildman–Crippen LogP) is 4.56. The zero-order chi connectivity index (χ0) is 18.2. The highest BCUT2D eigenvalue weighted by atomic mass is 79.9. The number of aromatic amines is 1. The van der Waals surface area contributed by atoms with Gasteiger partial charge in [0.05, 0.1) is 5.56 Å². The van der Waals surface area contributed by atoms with Crippen molar-refractivity contribution in [3.05, 3.63) is 74.5 Å². The van der Waals surface area contributed by atoms with Crippen LogP contribution >= 0.6 is 15.9 Å². The third-order valence-electron chi connectivity index (χ3n) is 3.55. The van der Waals surface area contributed by atoms with E-state index in [4.69, 9.17) is 0 Å². The van der Waals surface area contributed by atoms with Crippen LogP contribution in [0.1, 0.15) is 15.9 Å². The molecule has 1 aromatic heterocycles. The van der Waals surface area contributed by atoms with Crippen molar-refractivity contribution in [3.8, 4) is 0 Å². The quantitative estimate of drug-likeness (QED) is 0.650. The van der Waals surface area contributed by atoms with Crippen molar-refractivity contribution in [2.45, 2.75) is 6.18 Å². The normalized spacial score (nSPS) is 11.5. The number of fused-ring (bicyclic) bond motifs is 1. The smallest absolute Gasteiger partial charge is 0.360 e. The Labute approximate surface area is 147 Å². The third-order valence-corrected chi connectivity index (χ3v) is 4.08. The van der Waals surface area contributed by atoms with Crippen molar-refractivity contribution >= 4 is 38.4 Å². The summed E-state index contributed by atoms with van der Waals surface area (Å²) in [4.78, 5) is 27.3. The van der Waals surface area contributed by atoms with Gasteiger partial charge in [-0.05, 0) is 42.5 Å². The lowest BCUT2D eigenvalue weighted by Gasteiger charge is -2.09. The largest absolute Gasteiger partial charge is 0.416 e. The van der Waals surface area contributed by atoms with E-state index in [1.54, 1.807) is 24.3 Å². The number of rotatable bonds is 2. The minimum absolute atomic E-state index is 0.0106. The Morgan fingerprint density at radius 1 is 1.08 bits per heavy atom. The molecular weight excluding hydrogens is 401 g/mol. The lowest BCUT2D eigenvalue weighted by atomic mass is 10.1. The van der Waals surface area contributed by atoms with E-state index in [0.29, 0.717) is 5.69 Å². The number of carbonyl (C=O) groups is 1. The molecule has 4 nitrogen and oxygen atoms in total. The number of benzene rings is 2. The van der Waals surface area contributed by atoms with E-state index >= 15 is 0 Å². The van der Waals surface area contributed by atoms with E-state index in [9.17, 15) is 22.8 Å². The van der Waals surface area contributed by atoms with E-state index in [-0.39, 0.29) is 16.5 Å². The molecule has 8 heteroatoms. The number of alkyl halides is 3. The van der Waals surface area contributed by atoms with Gasteiger partial charge in [-0.1, -0.05) is 15.9 Å². The number of H-pyrrole nitrogens is 1. The van der Waals surface area contributed by atoms with Crippen LogP contribution in [0.15, 0.2) is 57.9 Å². The maximum atomic E-state index is 12.7. The summed E-state index contributed by atoms with van der Waals surface area (Å²) in [6.45, 7) is 0. The minimum atomic E-state index is -4.51. The molecule has 128 valence electrons. The lowest BCUT2D eigenvalue weighted by Crippen LogP contribution is -2.22. The number of halogens is 4. The highest BCUT2D eigenvalue weighted by molar-refractivity contribution is 9.10. The van der Waals surface area contributed by atoms with Crippen molar-refractivity contribution < 1.29 is 18.0 Å². The highest BCUT2D eigenvalue weighted by Gasteiger charge is 2.30. The Balaban J connectivity index is 1.97. The second kappa shape index (κ2) is 6.36. The monoisotopic (exact) mass is 410 g/mol. The number of hydrogen-bond acceptors (Lipinski definition) is 2. The van der Waals surface area contributed by atoms with Crippen molar-refractivity contribution in [1.82, 2.24) is 4.98 Å². The zero-order valence-corrected chi connectivity index (χ0v) is 14.0. The fraction of sp³-hybridized carbons (Fsp3) is 0.0588. The van der Waals surface area contributed by atoms with Crippen molar-refractivity contribution in [2.24, 2.45) is 0 Å². The summed E-state index contributed by atoms with van der Waals surface area (Å²) in [7, 11) is 0. The van der Waals surface area contributed by atoms with Gasteiger partial charge >= 0.3 is 6.18 Å². The average Bonchev–Trinajstić information content (AvgIpc) is 2.56. The van der Waals surface area contributed by atoms with Crippen LogP contribution in [0.4, 0.5) is 18.9 Å². The van der Waals surface area contributed by atoms with Gasteiger partial charge in [0.1, 0.15) is 5.56 Å². The van der Waals surface area contributed by atoms with Gasteiger partial charge < -0.3 is 10.3 Å². The molecule has 0 bridgehead atoms. The lowest BCUT2D eigenvalue weighted by molar-refractivity contribution is -0.137. The summed E-state index contributed by atoms with van der Waals surface area (Å²) in [5.74, 6) is -0.648. The van der Waals surface area contributed by atoms with Gasteiger partial charge in [0.25, 0.3) is 5.91 Å². The first-order chi connectivity index (χ1) is 11.8. The van der Waals surface area contributed by atoms with E-state index < -0.39 is 23.1 Å². The fourth-order valence-electron chi connectivity index (χ4n) is 2.30. The summed E-state index contributed by atoms with van der Waals surface area (Å²) in [5.41, 5.74) is -1.20. The van der Waals surface area contributed by atoms with Crippen molar-refractivity contribution in [2.75, 3.05) is 5.32 Å². The van der Waals surface area contributed by atoms with Gasteiger partial charge in [0, 0.05) is 27.3 Å². The number of amides is 1. The van der Waals surface area contributed by atoms with Gasteiger partial charge in [-0.15, -0.1) is 0 Å². The number of nitrogens with one attached hydrogen (secondary N) is 2. The molecule has 0 aliphatic rings.